The van der Waals surface area contributed by atoms with Crippen molar-refractivity contribution in [2.45, 2.75) is 12.3 Å². The number of nitrogens with zero attached hydrogens (tertiary/aromatic N) is 2. The predicted octanol–water partition coefficient (Wildman–Crippen LogP) is 5.32. The number of hydrogen-bond donors (Lipinski definition) is 1. The van der Waals surface area contributed by atoms with Crippen molar-refractivity contribution in [1.29, 1.82) is 0 Å². The van der Waals surface area contributed by atoms with E-state index in [0.717, 1.165) is 12.1 Å². The average Bonchev–Trinajstić information content (AvgIpc) is 3.22. The topological polar surface area (TPSA) is 66.6 Å². The quantitative estimate of drug-likeness (QED) is 0.456. The summed E-state index contributed by atoms with van der Waals surface area (Å²) in [5.74, 6) is -0.146. The SMILES string of the molecule is CN(CC(O)c1ccccc1)C(=O)c1ccc2oc(-c3ccc(C(F)(F)F)cc3)nc2c1. The lowest BCUT2D eigenvalue weighted by atomic mass is 10.1. The van der Waals surface area contributed by atoms with Crippen molar-refractivity contribution in [2.24, 2.45) is 0 Å². The van der Waals surface area contributed by atoms with Crippen LogP contribution in [0.5, 0.6) is 0 Å². The molecule has 0 spiro atoms. The Hall–Kier alpha value is -3.65. The molecule has 3 aromatic carbocycles. The van der Waals surface area contributed by atoms with Gasteiger partial charge in [0.25, 0.3) is 5.91 Å². The van der Waals surface area contributed by atoms with Crippen molar-refractivity contribution >= 4 is 17.0 Å². The number of carbonyl (C=O) groups excluding carboxylic acids is 1. The summed E-state index contributed by atoms with van der Waals surface area (Å²) in [5.41, 5.74) is 1.51. The Bertz CT molecular complexity index is 1240. The van der Waals surface area contributed by atoms with E-state index in [4.69, 9.17) is 4.42 Å². The molecule has 5 nitrogen and oxygen atoms in total. The van der Waals surface area contributed by atoms with E-state index in [1.165, 1.54) is 17.0 Å². The van der Waals surface area contributed by atoms with Crippen LogP contribution in [0.1, 0.15) is 27.6 Å². The fourth-order valence-electron chi connectivity index (χ4n) is 3.33. The molecule has 1 aromatic heterocycles. The Labute approximate surface area is 181 Å². The molecule has 8 heteroatoms. The summed E-state index contributed by atoms with van der Waals surface area (Å²) < 4.78 is 43.9. The molecule has 0 saturated heterocycles. The molecule has 1 unspecified atom stereocenters. The number of aliphatic hydroxyl groups excluding tert-OH is 1. The first-order valence-corrected chi connectivity index (χ1v) is 9.79. The zero-order valence-corrected chi connectivity index (χ0v) is 17.0. The van der Waals surface area contributed by atoms with Gasteiger partial charge in [-0.15, -0.1) is 0 Å². The lowest BCUT2D eigenvalue weighted by Gasteiger charge is -2.21. The van der Waals surface area contributed by atoms with E-state index in [1.807, 2.05) is 18.2 Å². The van der Waals surface area contributed by atoms with Crippen LogP contribution in [0.15, 0.2) is 77.2 Å². The molecular formula is C24H19F3N2O3. The number of amides is 1. The van der Waals surface area contributed by atoms with Crippen LogP contribution >= 0.6 is 0 Å². The van der Waals surface area contributed by atoms with Crippen LogP contribution < -0.4 is 0 Å². The van der Waals surface area contributed by atoms with Gasteiger partial charge >= 0.3 is 6.18 Å². The van der Waals surface area contributed by atoms with Crippen LogP contribution in [0.3, 0.4) is 0 Å². The fraction of sp³-hybridized carbons (Fsp3) is 0.167. The minimum absolute atomic E-state index is 0.108. The Morgan fingerprint density at radius 1 is 1.06 bits per heavy atom. The zero-order valence-electron chi connectivity index (χ0n) is 17.0. The summed E-state index contributed by atoms with van der Waals surface area (Å²) in [4.78, 5) is 18.5. The number of alkyl halides is 3. The van der Waals surface area contributed by atoms with E-state index in [9.17, 15) is 23.1 Å². The van der Waals surface area contributed by atoms with E-state index in [0.29, 0.717) is 27.8 Å². The smallest absolute Gasteiger partial charge is 0.416 e. The van der Waals surface area contributed by atoms with Crippen molar-refractivity contribution in [2.75, 3.05) is 13.6 Å². The second kappa shape index (κ2) is 8.47. The van der Waals surface area contributed by atoms with Crippen molar-refractivity contribution in [3.63, 3.8) is 0 Å². The van der Waals surface area contributed by atoms with E-state index >= 15 is 0 Å². The molecule has 0 aliphatic carbocycles. The first-order valence-electron chi connectivity index (χ1n) is 9.79. The third-order valence-corrected chi connectivity index (χ3v) is 5.07. The molecule has 0 fully saturated rings. The van der Waals surface area contributed by atoms with E-state index in [1.54, 1.807) is 37.4 Å². The minimum Gasteiger partial charge on any atom is -0.436 e. The number of rotatable bonds is 5. The normalized spacial score (nSPS) is 12.7. The fourth-order valence-corrected chi connectivity index (χ4v) is 3.33. The Balaban J connectivity index is 1.53. The van der Waals surface area contributed by atoms with E-state index in [2.05, 4.69) is 4.98 Å². The largest absolute Gasteiger partial charge is 0.436 e. The van der Waals surface area contributed by atoms with Gasteiger partial charge in [-0.25, -0.2) is 4.98 Å². The first-order chi connectivity index (χ1) is 15.2. The second-order valence-corrected chi connectivity index (χ2v) is 7.39. The molecule has 1 N–H and O–H groups in total. The third kappa shape index (κ3) is 4.50. The molecule has 0 radical (unpaired) electrons. The molecule has 0 aliphatic rings. The van der Waals surface area contributed by atoms with Gasteiger partial charge < -0.3 is 14.4 Å². The number of halogens is 3. The summed E-state index contributed by atoms with van der Waals surface area (Å²) in [7, 11) is 1.59. The molecule has 0 aliphatic heterocycles. The zero-order chi connectivity index (χ0) is 22.9. The molecule has 1 atom stereocenters. The number of carbonyl (C=O) groups is 1. The summed E-state index contributed by atoms with van der Waals surface area (Å²) in [6, 6.07) is 18.3. The summed E-state index contributed by atoms with van der Waals surface area (Å²) in [6.07, 6.45) is -5.25. The van der Waals surface area contributed by atoms with Crippen LogP contribution in [-0.4, -0.2) is 34.5 Å². The van der Waals surface area contributed by atoms with Crippen molar-refractivity contribution in [3.05, 3.63) is 89.5 Å². The maximum atomic E-state index is 12.8. The maximum absolute atomic E-state index is 12.8. The molecule has 1 heterocycles. The van der Waals surface area contributed by atoms with E-state index < -0.39 is 17.8 Å². The van der Waals surface area contributed by atoms with Gasteiger partial charge in [0.1, 0.15) is 5.52 Å². The van der Waals surface area contributed by atoms with Crippen LogP contribution in [0, 0.1) is 0 Å². The molecule has 1 amide bonds. The highest BCUT2D eigenvalue weighted by Crippen LogP contribution is 2.32. The van der Waals surface area contributed by atoms with Crippen molar-refractivity contribution in [3.8, 4) is 11.5 Å². The Kier molecular flexibility index (Phi) is 5.71. The van der Waals surface area contributed by atoms with Crippen LogP contribution in [0.4, 0.5) is 13.2 Å². The monoisotopic (exact) mass is 440 g/mol. The van der Waals surface area contributed by atoms with Crippen LogP contribution in [0.2, 0.25) is 0 Å². The summed E-state index contributed by atoms with van der Waals surface area (Å²) in [5, 5.41) is 10.4. The lowest BCUT2D eigenvalue weighted by Crippen LogP contribution is -2.31. The average molecular weight is 440 g/mol. The van der Waals surface area contributed by atoms with Crippen LogP contribution in [0.25, 0.3) is 22.6 Å². The van der Waals surface area contributed by atoms with Gasteiger partial charge in [0, 0.05) is 18.2 Å². The van der Waals surface area contributed by atoms with Crippen molar-refractivity contribution in [1.82, 2.24) is 9.88 Å². The standard InChI is InChI=1S/C24H19F3N2O3/c1-29(14-20(30)15-5-3-2-4-6-15)23(31)17-9-12-21-19(13-17)28-22(32-21)16-7-10-18(11-8-16)24(25,26)27/h2-13,20,30H,14H2,1H3. The molecule has 4 aromatic rings. The van der Waals surface area contributed by atoms with Crippen molar-refractivity contribution < 1.29 is 27.5 Å². The first kappa shape index (κ1) is 21.6. The highest BCUT2D eigenvalue weighted by atomic mass is 19.4. The number of oxazole rings is 1. The number of aromatic nitrogens is 1. The maximum Gasteiger partial charge on any atom is 0.416 e. The molecule has 0 bridgehead atoms. The highest BCUT2D eigenvalue weighted by molar-refractivity contribution is 5.97. The number of benzene rings is 3. The second-order valence-electron chi connectivity index (χ2n) is 7.39. The molecule has 0 saturated carbocycles. The van der Waals surface area contributed by atoms with Gasteiger partial charge in [-0.05, 0) is 48.0 Å². The molecule has 164 valence electrons. The minimum atomic E-state index is -4.42. The van der Waals surface area contributed by atoms with Gasteiger partial charge in [-0.1, -0.05) is 30.3 Å². The highest BCUT2D eigenvalue weighted by Gasteiger charge is 2.30. The lowest BCUT2D eigenvalue weighted by molar-refractivity contribution is -0.137. The number of fused-ring (bicyclic) bond motifs is 1. The molecule has 4 rings (SSSR count). The Morgan fingerprint density at radius 3 is 2.41 bits per heavy atom. The Morgan fingerprint density at radius 2 is 1.75 bits per heavy atom. The van der Waals surface area contributed by atoms with Gasteiger partial charge in [-0.3, -0.25) is 4.79 Å². The van der Waals surface area contributed by atoms with Gasteiger partial charge in [0.15, 0.2) is 5.58 Å². The predicted molar refractivity (Wildman–Crippen MR) is 113 cm³/mol. The van der Waals surface area contributed by atoms with Gasteiger partial charge in [-0.2, -0.15) is 13.2 Å². The van der Waals surface area contributed by atoms with Gasteiger partial charge in [0.05, 0.1) is 18.2 Å². The molecular weight excluding hydrogens is 421 g/mol. The third-order valence-electron chi connectivity index (χ3n) is 5.07. The number of aliphatic hydroxyl groups is 1. The van der Waals surface area contributed by atoms with E-state index in [-0.39, 0.29) is 18.3 Å². The van der Waals surface area contributed by atoms with Crippen LogP contribution in [-0.2, 0) is 6.18 Å². The summed E-state index contributed by atoms with van der Waals surface area (Å²) >= 11 is 0. The number of hydrogen-bond acceptors (Lipinski definition) is 4. The summed E-state index contributed by atoms with van der Waals surface area (Å²) in [6.45, 7) is 0.108. The van der Waals surface area contributed by atoms with Gasteiger partial charge in [0.2, 0.25) is 5.89 Å². The molecule has 32 heavy (non-hydrogen) atoms. The number of likely N-dealkylation sites (N-methyl/N-ethyl adjacent to an activating group) is 1.